The van der Waals surface area contributed by atoms with Gasteiger partial charge in [-0.1, -0.05) is 71.4 Å². The van der Waals surface area contributed by atoms with Crippen molar-refractivity contribution in [3.63, 3.8) is 0 Å². The Kier molecular flexibility index (Phi) is 14.2. The molecule has 0 spiro atoms. The molecular weight excluding hydrogens is 549 g/mol. The summed E-state index contributed by atoms with van der Waals surface area (Å²) in [5.41, 5.74) is 1.02. The van der Waals surface area contributed by atoms with E-state index in [9.17, 15) is 0 Å². The number of halogens is 2. The van der Waals surface area contributed by atoms with Crippen LogP contribution in [0.3, 0.4) is 0 Å². The van der Waals surface area contributed by atoms with Gasteiger partial charge in [-0.3, -0.25) is 0 Å². The van der Waals surface area contributed by atoms with Gasteiger partial charge >= 0.3 is 35.0 Å². The predicted octanol–water partition coefficient (Wildman–Crippen LogP) is 7.03. The Labute approximate surface area is 176 Å². The van der Waals surface area contributed by atoms with Crippen molar-refractivity contribution in [3.8, 4) is 0 Å². The first-order valence-corrected chi connectivity index (χ1v) is 15.9. The molecule has 0 aliphatic heterocycles. The molecule has 5 heteroatoms. The Morgan fingerprint density at radius 1 is 1.00 bits per heavy atom. The van der Waals surface area contributed by atoms with Gasteiger partial charge in [0, 0.05) is 0 Å². The van der Waals surface area contributed by atoms with Gasteiger partial charge in [-0.25, -0.2) is 5.41 Å². The Morgan fingerprint density at radius 2 is 1.42 bits per heavy atom. The molecule has 1 fully saturated rings. The van der Waals surface area contributed by atoms with E-state index in [2.05, 4.69) is 34.6 Å². The zero-order chi connectivity index (χ0) is 18.7. The van der Waals surface area contributed by atoms with Crippen molar-refractivity contribution in [2.75, 3.05) is 0 Å². The van der Waals surface area contributed by atoms with Crippen LogP contribution >= 0.6 is 19.1 Å². The standard InChI is InChI=1S/C11H22.C8H8S2.2ClH.Re/c1-6-11-9(4)7(2)8(3)10(11)5;9-6-8(10)7-4-2-1-3-5-7;;;/h7-11H,6H2,1-5H3;1-6,9-10H;2*1H;/q;;;;+2/p-4/b;8-6-;;;. The summed E-state index contributed by atoms with van der Waals surface area (Å²) >= 11 is 8.93. The molecule has 0 heterocycles. The van der Waals surface area contributed by atoms with Gasteiger partial charge in [-0.2, -0.15) is 4.91 Å². The minimum absolute atomic E-state index is 0.722. The van der Waals surface area contributed by atoms with Gasteiger partial charge < -0.3 is 25.3 Å². The second kappa shape index (κ2) is 13.8. The summed E-state index contributed by atoms with van der Waals surface area (Å²) in [5, 5.41) is 1.52. The zero-order valence-electron chi connectivity index (χ0n) is 15.0. The van der Waals surface area contributed by atoms with E-state index in [1.54, 1.807) is 0 Å². The van der Waals surface area contributed by atoms with Crippen LogP contribution in [-0.2, 0) is 41.2 Å². The summed E-state index contributed by atoms with van der Waals surface area (Å²) in [6, 6.07) is 9.74. The molecule has 1 aliphatic rings. The topological polar surface area (TPSA) is 0 Å². The van der Waals surface area contributed by atoms with E-state index in [4.69, 9.17) is 44.3 Å². The van der Waals surface area contributed by atoms with Gasteiger partial charge in [0.15, 0.2) is 0 Å². The third kappa shape index (κ3) is 7.90. The third-order valence-electron chi connectivity index (χ3n) is 5.48. The monoisotopic (exact) mass is 577 g/mol. The maximum absolute atomic E-state index is 4.96. The molecule has 1 aliphatic carbocycles. The van der Waals surface area contributed by atoms with E-state index in [0.29, 0.717) is 0 Å². The number of benzene rings is 1. The van der Waals surface area contributed by atoms with Crippen LogP contribution in [0.5, 0.6) is 0 Å². The molecule has 1 aromatic carbocycles. The summed E-state index contributed by atoms with van der Waals surface area (Å²) in [6.07, 6.45) is 1.37. The van der Waals surface area contributed by atoms with Crippen LogP contribution in [0.15, 0.2) is 35.7 Å². The fraction of sp³-hybridized carbons (Fsp3) is 0.579. The largest absolute Gasteiger partial charge is 0.789 e. The van der Waals surface area contributed by atoms with Crippen molar-refractivity contribution in [3.05, 3.63) is 41.3 Å². The van der Waals surface area contributed by atoms with Crippen molar-refractivity contribution < 1.29 is 15.9 Å². The Morgan fingerprint density at radius 3 is 1.71 bits per heavy atom. The van der Waals surface area contributed by atoms with Crippen LogP contribution in [0.2, 0.25) is 0 Å². The molecule has 1 saturated carbocycles. The van der Waals surface area contributed by atoms with Crippen molar-refractivity contribution in [1.82, 2.24) is 0 Å². The van der Waals surface area contributed by atoms with Gasteiger partial charge in [0.25, 0.3) is 0 Å². The van der Waals surface area contributed by atoms with Crippen molar-refractivity contribution >= 4 is 49.2 Å². The Bertz CT molecular complexity index is 454. The van der Waals surface area contributed by atoms with Gasteiger partial charge in [0.1, 0.15) is 0 Å². The first-order chi connectivity index (χ1) is 11.3. The molecule has 0 radical (unpaired) electrons. The molecule has 139 valence electrons. The first-order valence-electron chi connectivity index (χ1n) is 8.27. The van der Waals surface area contributed by atoms with E-state index >= 15 is 0 Å². The summed E-state index contributed by atoms with van der Waals surface area (Å²) in [4.78, 5) is 0.732. The Hall–Kier alpha value is 0.642. The molecule has 0 amide bonds. The average Bonchev–Trinajstić information content (AvgIpc) is 2.79. The van der Waals surface area contributed by atoms with Crippen molar-refractivity contribution in [2.24, 2.45) is 29.6 Å². The number of hydrogen-bond acceptors (Lipinski definition) is 2. The fourth-order valence-corrected chi connectivity index (χ4v) is 3.90. The van der Waals surface area contributed by atoms with E-state index in [-0.39, 0.29) is 0 Å². The van der Waals surface area contributed by atoms with Gasteiger partial charge in [-0.15, -0.1) is 0 Å². The van der Waals surface area contributed by atoms with E-state index in [0.717, 1.165) is 40.1 Å². The summed E-state index contributed by atoms with van der Waals surface area (Å²) in [6.45, 7) is 12.0. The van der Waals surface area contributed by atoms with Gasteiger partial charge in [-0.05, 0) is 35.2 Å². The quantitative estimate of drug-likeness (QED) is 0.347. The second-order valence-corrected chi connectivity index (χ2v) is 11.0. The van der Waals surface area contributed by atoms with Crippen LogP contribution in [-0.4, -0.2) is 0 Å². The smallest absolute Gasteiger partial charge is 0.0468 e. The first kappa shape index (κ1) is 24.6. The molecular formula is C19H28Cl2ReS2-2. The average molecular weight is 578 g/mol. The van der Waals surface area contributed by atoms with Crippen LogP contribution in [0.25, 0.3) is 4.91 Å². The molecule has 2 rings (SSSR count). The summed E-state index contributed by atoms with van der Waals surface area (Å²) in [7, 11) is 9.83. The van der Waals surface area contributed by atoms with E-state index in [1.807, 2.05) is 30.3 Å². The van der Waals surface area contributed by atoms with Gasteiger partial charge in [0.05, 0.1) is 0 Å². The number of rotatable bonds is 2. The molecule has 0 nitrogen and oxygen atoms in total. The van der Waals surface area contributed by atoms with Gasteiger partial charge in [0.2, 0.25) is 0 Å². The Balaban J connectivity index is 0.000000381. The molecule has 4 unspecified atom stereocenters. The van der Waals surface area contributed by atoms with E-state index in [1.165, 1.54) is 11.8 Å². The predicted molar refractivity (Wildman–Crippen MR) is 111 cm³/mol. The van der Waals surface area contributed by atoms with Crippen LogP contribution in [0, 0.1) is 29.6 Å². The van der Waals surface area contributed by atoms with E-state index < -0.39 is 15.9 Å². The zero-order valence-corrected chi connectivity index (χ0v) is 20.9. The number of hydrogen-bond donors (Lipinski definition) is 0. The van der Waals surface area contributed by atoms with Crippen LogP contribution < -0.4 is 0 Å². The van der Waals surface area contributed by atoms with Crippen molar-refractivity contribution in [2.45, 2.75) is 41.0 Å². The molecule has 1 aromatic rings. The van der Waals surface area contributed by atoms with Crippen molar-refractivity contribution in [1.29, 1.82) is 0 Å². The SMILES string of the molecule is CCC1C(C)C(C)C(C)C1C.[Cl][Re][Cl].[S-]/C=C(\[S-])c1ccccc1. The molecule has 4 atom stereocenters. The maximum atomic E-state index is 4.96. The minimum Gasteiger partial charge on any atom is -0.789 e. The minimum atomic E-state index is -0.722. The maximum Gasteiger partial charge on any atom is -0.0468 e. The van der Waals surface area contributed by atoms with Crippen LogP contribution in [0.4, 0.5) is 0 Å². The molecule has 0 saturated heterocycles. The molecule has 24 heavy (non-hydrogen) atoms. The second-order valence-electron chi connectivity index (χ2n) is 6.41. The summed E-state index contributed by atoms with van der Waals surface area (Å²) < 4.78 is 0. The van der Waals surface area contributed by atoms with Crippen LogP contribution in [0.1, 0.15) is 46.6 Å². The summed E-state index contributed by atoms with van der Waals surface area (Å²) in [5.74, 6) is 4.76. The fourth-order valence-electron chi connectivity index (χ4n) is 3.63. The molecule has 0 bridgehead atoms. The normalized spacial score (nSPS) is 29.1. The molecule has 0 N–H and O–H groups in total. The molecule has 0 aromatic heterocycles. The third-order valence-corrected chi connectivity index (χ3v) is 6.21.